The average Bonchev–Trinajstić information content (AvgIpc) is 2.70. The molecule has 3 N–H and O–H groups in total. The number of carbonyl (C=O) groups is 1. The molecule has 90 valence electrons. The van der Waals surface area contributed by atoms with E-state index in [1.165, 1.54) is 0 Å². The summed E-state index contributed by atoms with van der Waals surface area (Å²) in [6.07, 6.45) is 2.84. The molecular weight excluding hydrogens is 206 g/mol. The van der Waals surface area contributed by atoms with E-state index in [0.717, 1.165) is 5.76 Å². The zero-order valence-corrected chi connectivity index (χ0v) is 10.0. The van der Waals surface area contributed by atoms with Gasteiger partial charge in [-0.3, -0.25) is 4.79 Å². The molecule has 1 aromatic heterocycles. The van der Waals surface area contributed by atoms with Crippen LogP contribution >= 0.6 is 0 Å². The molecule has 0 unspecified atom stereocenters. The minimum Gasteiger partial charge on any atom is -0.444 e. The van der Waals surface area contributed by atoms with Gasteiger partial charge in [-0.05, 0) is 19.8 Å². The first-order valence-corrected chi connectivity index (χ1v) is 5.50. The summed E-state index contributed by atoms with van der Waals surface area (Å²) in [7, 11) is 0. The zero-order valence-electron chi connectivity index (χ0n) is 10.0. The molecule has 1 heterocycles. The summed E-state index contributed by atoms with van der Waals surface area (Å²) < 4.78 is 5.25. The first kappa shape index (κ1) is 12.7. The number of hydrogen-bond donors (Lipinski definition) is 2. The maximum atomic E-state index is 11.8. The van der Waals surface area contributed by atoms with Crippen molar-refractivity contribution < 1.29 is 9.21 Å². The van der Waals surface area contributed by atoms with Gasteiger partial charge < -0.3 is 15.5 Å². The van der Waals surface area contributed by atoms with Crippen molar-refractivity contribution in [2.75, 3.05) is 0 Å². The Bertz CT molecular complexity index is 356. The highest BCUT2D eigenvalue weighted by atomic mass is 16.4. The van der Waals surface area contributed by atoms with E-state index in [1.807, 2.05) is 20.8 Å². The van der Waals surface area contributed by atoms with E-state index >= 15 is 0 Å². The summed E-state index contributed by atoms with van der Waals surface area (Å²) in [5.74, 6) is 1.07. The highest BCUT2D eigenvalue weighted by Gasteiger charge is 2.29. The molecular formula is C11H19N3O2. The maximum absolute atomic E-state index is 11.8. The molecule has 0 fully saturated rings. The Morgan fingerprint density at radius 2 is 2.19 bits per heavy atom. The molecule has 1 amide bonds. The minimum atomic E-state index is -0.790. The maximum Gasteiger partial charge on any atom is 0.240 e. The van der Waals surface area contributed by atoms with Gasteiger partial charge in [-0.2, -0.15) is 0 Å². The van der Waals surface area contributed by atoms with E-state index in [-0.39, 0.29) is 12.5 Å². The molecule has 0 aromatic carbocycles. The van der Waals surface area contributed by atoms with Crippen LogP contribution in [0.4, 0.5) is 0 Å². The molecule has 0 atom stereocenters. The predicted octanol–water partition coefficient (Wildman–Crippen LogP) is 1.12. The van der Waals surface area contributed by atoms with Crippen molar-refractivity contribution in [3.8, 4) is 0 Å². The zero-order chi connectivity index (χ0) is 12.2. The highest BCUT2D eigenvalue weighted by Crippen LogP contribution is 2.11. The van der Waals surface area contributed by atoms with Crippen LogP contribution in [0.15, 0.2) is 10.6 Å². The quantitative estimate of drug-likeness (QED) is 0.786. The van der Waals surface area contributed by atoms with Crippen LogP contribution in [0, 0.1) is 6.92 Å². The summed E-state index contributed by atoms with van der Waals surface area (Å²) in [4.78, 5) is 15.8. The van der Waals surface area contributed by atoms with Gasteiger partial charge in [0.15, 0.2) is 0 Å². The summed E-state index contributed by atoms with van der Waals surface area (Å²) in [6, 6.07) is 0. The van der Waals surface area contributed by atoms with E-state index in [2.05, 4.69) is 10.3 Å². The lowest BCUT2D eigenvalue weighted by molar-refractivity contribution is -0.126. The van der Waals surface area contributed by atoms with E-state index in [4.69, 9.17) is 10.2 Å². The van der Waals surface area contributed by atoms with Crippen LogP contribution in [-0.4, -0.2) is 16.4 Å². The third-order valence-corrected chi connectivity index (χ3v) is 2.78. The second-order valence-corrected chi connectivity index (χ2v) is 3.91. The van der Waals surface area contributed by atoms with Gasteiger partial charge in [0.1, 0.15) is 5.76 Å². The van der Waals surface area contributed by atoms with Crippen LogP contribution in [-0.2, 0) is 11.3 Å². The second kappa shape index (κ2) is 5.12. The second-order valence-electron chi connectivity index (χ2n) is 3.91. The number of nitrogens with zero attached hydrogens (tertiary/aromatic N) is 1. The fourth-order valence-corrected chi connectivity index (χ4v) is 1.39. The van der Waals surface area contributed by atoms with Crippen LogP contribution < -0.4 is 11.1 Å². The van der Waals surface area contributed by atoms with Gasteiger partial charge in [-0.25, -0.2) is 4.98 Å². The van der Waals surface area contributed by atoms with Crippen molar-refractivity contribution in [1.29, 1.82) is 0 Å². The van der Waals surface area contributed by atoms with Gasteiger partial charge in [-0.15, -0.1) is 0 Å². The van der Waals surface area contributed by atoms with Gasteiger partial charge >= 0.3 is 0 Å². The topological polar surface area (TPSA) is 81.2 Å². The molecule has 0 saturated carbocycles. The van der Waals surface area contributed by atoms with E-state index in [0.29, 0.717) is 18.7 Å². The number of aromatic nitrogens is 1. The Labute approximate surface area is 95.4 Å². The van der Waals surface area contributed by atoms with E-state index < -0.39 is 5.54 Å². The van der Waals surface area contributed by atoms with Crippen molar-refractivity contribution in [2.24, 2.45) is 5.73 Å². The van der Waals surface area contributed by atoms with Gasteiger partial charge in [-0.1, -0.05) is 13.8 Å². The van der Waals surface area contributed by atoms with Crippen molar-refractivity contribution in [2.45, 2.75) is 45.7 Å². The van der Waals surface area contributed by atoms with Gasteiger partial charge in [0, 0.05) is 0 Å². The number of oxazole rings is 1. The number of rotatable bonds is 5. The first-order valence-electron chi connectivity index (χ1n) is 5.50. The van der Waals surface area contributed by atoms with Crippen LogP contribution in [0.5, 0.6) is 0 Å². The monoisotopic (exact) mass is 225 g/mol. The van der Waals surface area contributed by atoms with Crippen LogP contribution in [0.1, 0.15) is 38.3 Å². The van der Waals surface area contributed by atoms with E-state index in [9.17, 15) is 4.79 Å². The average molecular weight is 225 g/mol. The minimum absolute atomic E-state index is 0.159. The Morgan fingerprint density at radius 1 is 1.56 bits per heavy atom. The number of carbonyl (C=O) groups excluding carboxylic acids is 1. The Morgan fingerprint density at radius 3 is 2.62 bits per heavy atom. The summed E-state index contributed by atoms with van der Waals surface area (Å²) >= 11 is 0. The van der Waals surface area contributed by atoms with Gasteiger partial charge in [0.2, 0.25) is 11.8 Å². The standard InChI is InChI=1S/C11H19N3O2/c1-4-11(12,5-2)10(15)14-7-9-13-6-8(3)16-9/h6H,4-5,7,12H2,1-3H3,(H,14,15). The summed E-state index contributed by atoms with van der Waals surface area (Å²) in [5.41, 5.74) is 5.16. The molecule has 0 aliphatic carbocycles. The molecule has 16 heavy (non-hydrogen) atoms. The first-order chi connectivity index (χ1) is 7.51. The normalized spacial score (nSPS) is 11.5. The third-order valence-electron chi connectivity index (χ3n) is 2.78. The predicted molar refractivity (Wildman–Crippen MR) is 60.6 cm³/mol. The van der Waals surface area contributed by atoms with Crippen LogP contribution in [0.2, 0.25) is 0 Å². The third kappa shape index (κ3) is 2.82. The molecule has 0 radical (unpaired) electrons. The molecule has 1 aromatic rings. The molecule has 0 aliphatic rings. The Kier molecular flexibility index (Phi) is 4.06. The molecule has 1 rings (SSSR count). The van der Waals surface area contributed by atoms with Crippen molar-refractivity contribution in [3.63, 3.8) is 0 Å². The lowest BCUT2D eigenvalue weighted by atomic mass is 9.93. The molecule has 5 nitrogen and oxygen atoms in total. The molecule has 0 spiro atoms. The number of hydrogen-bond acceptors (Lipinski definition) is 4. The molecule has 0 bridgehead atoms. The van der Waals surface area contributed by atoms with Crippen molar-refractivity contribution in [3.05, 3.63) is 17.8 Å². The molecule has 0 saturated heterocycles. The fourth-order valence-electron chi connectivity index (χ4n) is 1.39. The summed E-state index contributed by atoms with van der Waals surface area (Å²) in [5, 5.41) is 2.73. The fraction of sp³-hybridized carbons (Fsp3) is 0.636. The van der Waals surface area contributed by atoms with E-state index in [1.54, 1.807) is 6.20 Å². The number of amides is 1. The van der Waals surface area contributed by atoms with Gasteiger partial charge in [0.05, 0.1) is 18.3 Å². The number of aryl methyl sites for hydroxylation is 1. The van der Waals surface area contributed by atoms with Crippen molar-refractivity contribution in [1.82, 2.24) is 10.3 Å². The number of nitrogens with two attached hydrogens (primary N) is 1. The molecule has 0 aliphatic heterocycles. The largest absolute Gasteiger partial charge is 0.444 e. The lowest BCUT2D eigenvalue weighted by Gasteiger charge is -2.24. The van der Waals surface area contributed by atoms with Crippen molar-refractivity contribution >= 4 is 5.91 Å². The number of nitrogens with one attached hydrogen (secondary N) is 1. The Hall–Kier alpha value is -1.36. The smallest absolute Gasteiger partial charge is 0.240 e. The van der Waals surface area contributed by atoms with Crippen LogP contribution in [0.25, 0.3) is 0 Å². The lowest BCUT2D eigenvalue weighted by Crippen LogP contribution is -2.52. The molecule has 5 heteroatoms. The summed E-state index contributed by atoms with van der Waals surface area (Å²) in [6.45, 7) is 5.89. The SMILES string of the molecule is CCC(N)(CC)C(=O)NCc1ncc(C)o1. The van der Waals surface area contributed by atoms with Crippen LogP contribution in [0.3, 0.4) is 0 Å². The Balaban J connectivity index is 2.52. The highest BCUT2D eigenvalue weighted by molar-refractivity contribution is 5.85. The van der Waals surface area contributed by atoms with Gasteiger partial charge in [0.25, 0.3) is 0 Å².